The van der Waals surface area contributed by atoms with Crippen molar-refractivity contribution >= 4 is 5.91 Å². The van der Waals surface area contributed by atoms with Crippen molar-refractivity contribution < 1.29 is 4.79 Å². The lowest BCUT2D eigenvalue weighted by atomic mass is 10.2. The van der Waals surface area contributed by atoms with E-state index in [0.29, 0.717) is 12.6 Å². The Labute approximate surface area is 88.9 Å². The maximum absolute atomic E-state index is 11.3. The summed E-state index contributed by atoms with van der Waals surface area (Å²) in [5.74, 6) is 0.00671. The molecule has 0 saturated carbocycles. The van der Waals surface area contributed by atoms with Gasteiger partial charge in [-0.05, 0) is 19.4 Å². The fraction of sp³-hybridized carbons (Fsp3) is 0.600. The van der Waals surface area contributed by atoms with E-state index in [9.17, 15) is 4.79 Å². The number of nitrogens with zero attached hydrogens (tertiary/aromatic N) is 2. The van der Waals surface area contributed by atoms with Gasteiger partial charge >= 0.3 is 0 Å². The molecule has 0 radical (unpaired) electrons. The molecule has 1 unspecified atom stereocenters. The summed E-state index contributed by atoms with van der Waals surface area (Å²) in [5.41, 5.74) is 1.11. The summed E-state index contributed by atoms with van der Waals surface area (Å²) < 4.78 is 1.90. The van der Waals surface area contributed by atoms with Gasteiger partial charge in [0.15, 0.2) is 0 Å². The molecule has 1 aliphatic heterocycles. The Bertz CT molecular complexity index is 341. The summed E-state index contributed by atoms with van der Waals surface area (Å²) in [6, 6.07) is 0.358. The summed E-state index contributed by atoms with van der Waals surface area (Å²) in [6.45, 7) is 1.40. The van der Waals surface area contributed by atoms with Gasteiger partial charge in [0.1, 0.15) is 6.54 Å². The lowest BCUT2D eigenvalue weighted by Gasteiger charge is -2.12. The van der Waals surface area contributed by atoms with E-state index in [2.05, 4.69) is 15.6 Å². The van der Waals surface area contributed by atoms with E-state index in [-0.39, 0.29) is 5.91 Å². The summed E-state index contributed by atoms with van der Waals surface area (Å²) in [7, 11) is 1.65. The number of hydrogen-bond acceptors (Lipinski definition) is 3. The van der Waals surface area contributed by atoms with E-state index in [1.165, 1.54) is 6.42 Å². The molecule has 82 valence electrons. The quantitative estimate of drug-likeness (QED) is 0.738. The number of aromatic nitrogens is 2. The van der Waals surface area contributed by atoms with Crippen molar-refractivity contribution in [1.82, 2.24) is 20.2 Å². The number of likely N-dealkylation sites (N-methyl/N-ethyl adjacent to an activating group) is 1. The zero-order valence-corrected chi connectivity index (χ0v) is 8.86. The Morgan fingerprint density at radius 1 is 1.80 bits per heavy atom. The predicted molar refractivity (Wildman–Crippen MR) is 56.3 cm³/mol. The van der Waals surface area contributed by atoms with Gasteiger partial charge in [-0.15, -0.1) is 0 Å². The molecule has 1 saturated heterocycles. The van der Waals surface area contributed by atoms with Gasteiger partial charge in [0.2, 0.25) is 5.91 Å². The molecule has 0 aliphatic carbocycles. The molecule has 1 aromatic heterocycles. The molecule has 0 bridgehead atoms. The molecule has 5 heteroatoms. The molecule has 5 nitrogen and oxygen atoms in total. The van der Waals surface area contributed by atoms with Crippen LogP contribution in [0.15, 0.2) is 12.5 Å². The molecule has 2 rings (SSSR count). The molecular formula is C10H16N4O. The number of rotatable bonds is 3. The highest BCUT2D eigenvalue weighted by molar-refractivity contribution is 5.75. The highest BCUT2D eigenvalue weighted by Crippen LogP contribution is 2.22. The minimum Gasteiger partial charge on any atom is -0.358 e. The Morgan fingerprint density at radius 3 is 3.33 bits per heavy atom. The van der Waals surface area contributed by atoms with Crippen molar-refractivity contribution in [3.63, 3.8) is 0 Å². The Morgan fingerprint density at radius 2 is 2.67 bits per heavy atom. The van der Waals surface area contributed by atoms with Crippen LogP contribution in [0.3, 0.4) is 0 Å². The normalized spacial score (nSPS) is 20.5. The number of nitrogens with one attached hydrogen (secondary N) is 2. The first-order chi connectivity index (χ1) is 7.31. The molecule has 15 heavy (non-hydrogen) atoms. The second kappa shape index (κ2) is 4.44. The molecule has 1 aromatic rings. The van der Waals surface area contributed by atoms with Crippen molar-refractivity contribution in [1.29, 1.82) is 0 Å². The van der Waals surface area contributed by atoms with E-state index in [4.69, 9.17) is 0 Å². The highest BCUT2D eigenvalue weighted by Gasteiger charge is 2.20. The van der Waals surface area contributed by atoms with Gasteiger partial charge in [-0.3, -0.25) is 4.79 Å². The van der Waals surface area contributed by atoms with Crippen LogP contribution in [0, 0.1) is 0 Å². The minimum atomic E-state index is 0.00671. The van der Waals surface area contributed by atoms with Crippen LogP contribution in [-0.2, 0) is 11.3 Å². The fourth-order valence-corrected chi connectivity index (χ4v) is 1.92. The Hall–Kier alpha value is -1.36. The van der Waals surface area contributed by atoms with Crippen LogP contribution < -0.4 is 10.6 Å². The SMILES string of the molecule is CNC(=O)Cn1cncc1C1CCCN1. The van der Waals surface area contributed by atoms with E-state index in [1.54, 1.807) is 13.4 Å². The number of amides is 1. The smallest absolute Gasteiger partial charge is 0.239 e. The summed E-state index contributed by atoms with van der Waals surface area (Å²) in [4.78, 5) is 15.4. The van der Waals surface area contributed by atoms with Gasteiger partial charge in [-0.2, -0.15) is 0 Å². The van der Waals surface area contributed by atoms with Crippen LogP contribution >= 0.6 is 0 Å². The van der Waals surface area contributed by atoms with Crippen molar-refractivity contribution in [3.8, 4) is 0 Å². The number of carbonyl (C=O) groups excluding carboxylic acids is 1. The lowest BCUT2D eigenvalue weighted by molar-refractivity contribution is -0.121. The summed E-state index contributed by atoms with van der Waals surface area (Å²) in [6.07, 6.45) is 5.87. The molecule has 1 fully saturated rings. The molecule has 2 N–H and O–H groups in total. The van der Waals surface area contributed by atoms with Gasteiger partial charge in [-0.25, -0.2) is 4.98 Å². The standard InChI is InChI=1S/C10H16N4O/c1-11-10(15)6-14-7-12-5-9(14)8-3-2-4-13-8/h5,7-8,13H,2-4,6H2,1H3,(H,11,15). The predicted octanol–water partition coefficient (Wildman–Crippen LogP) is 0.0536. The maximum atomic E-state index is 11.3. The van der Waals surface area contributed by atoms with Crippen molar-refractivity contribution in [3.05, 3.63) is 18.2 Å². The van der Waals surface area contributed by atoms with Gasteiger partial charge in [-0.1, -0.05) is 0 Å². The van der Waals surface area contributed by atoms with Crippen LogP contribution in [0.2, 0.25) is 0 Å². The van der Waals surface area contributed by atoms with Gasteiger partial charge < -0.3 is 15.2 Å². The largest absolute Gasteiger partial charge is 0.358 e. The topological polar surface area (TPSA) is 59.0 Å². The number of hydrogen-bond donors (Lipinski definition) is 2. The van der Waals surface area contributed by atoms with E-state index < -0.39 is 0 Å². The van der Waals surface area contributed by atoms with E-state index in [1.807, 2.05) is 10.8 Å². The molecular weight excluding hydrogens is 192 g/mol. The first-order valence-electron chi connectivity index (χ1n) is 5.25. The molecule has 1 aliphatic rings. The number of carbonyl (C=O) groups is 1. The first-order valence-corrected chi connectivity index (χ1v) is 5.25. The minimum absolute atomic E-state index is 0.00671. The lowest BCUT2D eigenvalue weighted by Crippen LogP contribution is -2.25. The summed E-state index contributed by atoms with van der Waals surface area (Å²) >= 11 is 0. The van der Waals surface area contributed by atoms with Crippen LogP contribution in [-0.4, -0.2) is 29.1 Å². The average molecular weight is 208 g/mol. The third-order valence-electron chi connectivity index (χ3n) is 2.75. The second-order valence-corrected chi connectivity index (χ2v) is 3.77. The van der Waals surface area contributed by atoms with Gasteiger partial charge in [0.05, 0.1) is 12.0 Å². The zero-order valence-electron chi connectivity index (χ0n) is 8.86. The van der Waals surface area contributed by atoms with Crippen LogP contribution in [0.5, 0.6) is 0 Å². The molecule has 2 heterocycles. The third kappa shape index (κ3) is 2.18. The molecule has 1 atom stereocenters. The molecule has 0 aromatic carbocycles. The van der Waals surface area contributed by atoms with Gasteiger partial charge in [0, 0.05) is 19.3 Å². The van der Waals surface area contributed by atoms with Crippen molar-refractivity contribution in [2.75, 3.05) is 13.6 Å². The molecule has 1 amide bonds. The first kappa shape index (κ1) is 10.2. The zero-order chi connectivity index (χ0) is 10.7. The van der Waals surface area contributed by atoms with Gasteiger partial charge in [0.25, 0.3) is 0 Å². The van der Waals surface area contributed by atoms with E-state index in [0.717, 1.165) is 18.7 Å². The second-order valence-electron chi connectivity index (χ2n) is 3.77. The third-order valence-corrected chi connectivity index (χ3v) is 2.75. The van der Waals surface area contributed by atoms with E-state index >= 15 is 0 Å². The molecule has 0 spiro atoms. The highest BCUT2D eigenvalue weighted by atomic mass is 16.1. The van der Waals surface area contributed by atoms with Crippen molar-refractivity contribution in [2.24, 2.45) is 0 Å². The Balaban J connectivity index is 2.10. The number of imidazole rings is 1. The fourth-order valence-electron chi connectivity index (χ4n) is 1.92. The summed E-state index contributed by atoms with van der Waals surface area (Å²) in [5, 5.41) is 6.01. The van der Waals surface area contributed by atoms with Crippen LogP contribution in [0.1, 0.15) is 24.6 Å². The van der Waals surface area contributed by atoms with Crippen LogP contribution in [0.25, 0.3) is 0 Å². The Kier molecular flexibility index (Phi) is 3.01. The average Bonchev–Trinajstić information content (AvgIpc) is 2.86. The van der Waals surface area contributed by atoms with Crippen LogP contribution in [0.4, 0.5) is 0 Å². The monoisotopic (exact) mass is 208 g/mol. The van der Waals surface area contributed by atoms with Crippen molar-refractivity contribution in [2.45, 2.75) is 25.4 Å². The maximum Gasteiger partial charge on any atom is 0.239 e.